The highest BCUT2D eigenvalue weighted by Gasteiger charge is 2.22. The summed E-state index contributed by atoms with van der Waals surface area (Å²) in [4.78, 5) is 15.1. The molecule has 25 heavy (non-hydrogen) atoms. The van der Waals surface area contributed by atoms with Crippen LogP contribution in [-0.4, -0.2) is 28.9 Å². The van der Waals surface area contributed by atoms with Gasteiger partial charge in [-0.1, -0.05) is 0 Å². The molecule has 1 N–H and O–H groups in total. The number of rotatable bonds is 4. The number of halogens is 1. The Hall–Kier alpha value is -2.66. The summed E-state index contributed by atoms with van der Waals surface area (Å²) in [6.45, 7) is 2.54. The van der Waals surface area contributed by atoms with Crippen molar-refractivity contribution in [3.8, 4) is 5.75 Å². The summed E-state index contributed by atoms with van der Waals surface area (Å²) in [6.07, 6.45) is 3.70. The standard InChI is InChI=1S/C20H18FNO3/c21-14-5-3-13(4-6-14)20(24)16-12-25-18-8-7-17(23)15(19(16)18)11-22-9-1-2-10-22/h3-8,12,23H,1-2,9-11H2. The monoisotopic (exact) mass is 339 g/mol. The van der Waals surface area contributed by atoms with Crippen LogP contribution in [0.4, 0.5) is 4.39 Å². The number of hydrogen-bond acceptors (Lipinski definition) is 4. The number of carbonyl (C=O) groups is 1. The van der Waals surface area contributed by atoms with Crippen molar-refractivity contribution < 1.29 is 18.7 Å². The predicted octanol–water partition coefficient (Wildman–Crippen LogP) is 4.10. The largest absolute Gasteiger partial charge is 0.508 e. The summed E-state index contributed by atoms with van der Waals surface area (Å²) in [5.74, 6) is -0.470. The van der Waals surface area contributed by atoms with Gasteiger partial charge in [0.25, 0.3) is 0 Å². The van der Waals surface area contributed by atoms with Gasteiger partial charge in [-0.05, 0) is 62.3 Å². The first-order valence-electron chi connectivity index (χ1n) is 8.38. The van der Waals surface area contributed by atoms with E-state index in [4.69, 9.17) is 4.42 Å². The maximum Gasteiger partial charge on any atom is 0.196 e. The molecule has 0 bridgehead atoms. The van der Waals surface area contributed by atoms with E-state index in [0.29, 0.717) is 34.2 Å². The van der Waals surface area contributed by atoms with Crippen molar-refractivity contribution in [3.63, 3.8) is 0 Å². The minimum atomic E-state index is -0.388. The molecule has 5 heteroatoms. The molecule has 3 aromatic rings. The van der Waals surface area contributed by atoms with Gasteiger partial charge in [-0.25, -0.2) is 4.39 Å². The lowest BCUT2D eigenvalue weighted by Crippen LogP contribution is -2.18. The lowest BCUT2D eigenvalue weighted by molar-refractivity contribution is 0.103. The van der Waals surface area contributed by atoms with E-state index in [1.165, 1.54) is 30.5 Å². The average Bonchev–Trinajstić information content (AvgIpc) is 3.27. The van der Waals surface area contributed by atoms with Crippen LogP contribution in [-0.2, 0) is 6.54 Å². The molecule has 0 amide bonds. The fourth-order valence-corrected chi connectivity index (χ4v) is 3.44. The molecule has 2 aromatic carbocycles. The Kier molecular flexibility index (Phi) is 4.01. The zero-order valence-corrected chi connectivity index (χ0v) is 13.7. The van der Waals surface area contributed by atoms with Crippen molar-refractivity contribution in [2.24, 2.45) is 0 Å². The fourth-order valence-electron chi connectivity index (χ4n) is 3.44. The number of ketones is 1. The van der Waals surface area contributed by atoms with Crippen molar-refractivity contribution >= 4 is 16.8 Å². The molecule has 1 fully saturated rings. The number of aromatic hydroxyl groups is 1. The van der Waals surface area contributed by atoms with E-state index in [1.54, 1.807) is 12.1 Å². The first kappa shape index (κ1) is 15.8. The molecule has 1 aliphatic rings. The number of carbonyl (C=O) groups excluding carboxylic acids is 1. The van der Waals surface area contributed by atoms with Crippen molar-refractivity contribution in [1.82, 2.24) is 4.90 Å². The Morgan fingerprint density at radius 2 is 1.84 bits per heavy atom. The van der Waals surface area contributed by atoms with Crippen LogP contribution in [0.1, 0.15) is 34.3 Å². The first-order chi connectivity index (χ1) is 12.1. The number of benzene rings is 2. The summed E-state index contributed by atoms with van der Waals surface area (Å²) in [5.41, 5.74) is 2.06. The summed E-state index contributed by atoms with van der Waals surface area (Å²) in [5, 5.41) is 11.0. The van der Waals surface area contributed by atoms with Crippen LogP contribution in [0.15, 0.2) is 47.1 Å². The minimum absolute atomic E-state index is 0.161. The summed E-state index contributed by atoms with van der Waals surface area (Å²) in [6, 6.07) is 8.71. The Balaban J connectivity index is 1.80. The van der Waals surface area contributed by atoms with Gasteiger partial charge in [0.05, 0.1) is 5.56 Å². The predicted molar refractivity (Wildman–Crippen MR) is 92.2 cm³/mol. The SMILES string of the molecule is O=C(c1ccc(F)cc1)c1coc2ccc(O)c(CN3CCCC3)c12. The van der Waals surface area contributed by atoms with Gasteiger partial charge in [-0.3, -0.25) is 9.69 Å². The Morgan fingerprint density at radius 3 is 2.56 bits per heavy atom. The van der Waals surface area contributed by atoms with Gasteiger partial charge >= 0.3 is 0 Å². The Morgan fingerprint density at radius 1 is 1.12 bits per heavy atom. The van der Waals surface area contributed by atoms with E-state index in [9.17, 15) is 14.3 Å². The van der Waals surface area contributed by atoms with Gasteiger partial charge < -0.3 is 9.52 Å². The summed E-state index contributed by atoms with van der Waals surface area (Å²) < 4.78 is 18.7. The first-order valence-corrected chi connectivity index (χ1v) is 8.38. The third kappa shape index (κ3) is 2.91. The molecular formula is C20H18FNO3. The van der Waals surface area contributed by atoms with Gasteiger partial charge in [-0.2, -0.15) is 0 Å². The van der Waals surface area contributed by atoms with E-state index in [2.05, 4.69) is 4.90 Å². The molecule has 0 atom stereocenters. The average molecular weight is 339 g/mol. The quantitative estimate of drug-likeness (QED) is 0.727. The Bertz CT molecular complexity index is 924. The maximum absolute atomic E-state index is 13.1. The van der Waals surface area contributed by atoms with Crippen molar-refractivity contribution in [3.05, 3.63) is 65.2 Å². The van der Waals surface area contributed by atoms with Crippen molar-refractivity contribution in [2.45, 2.75) is 19.4 Å². The molecular weight excluding hydrogens is 321 g/mol. The maximum atomic E-state index is 13.1. The highest BCUT2D eigenvalue weighted by atomic mass is 19.1. The van der Waals surface area contributed by atoms with Crippen LogP contribution in [0.5, 0.6) is 5.75 Å². The van der Waals surface area contributed by atoms with Crippen LogP contribution in [0, 0.1) is 5.82 Å². The molecule has 0 radical (unpaired) electrons. The molecule has 4 nitrogen and oxygen atoms in total. The van der Waals surface area contributed by atoms with E-state index < -0.39 is 0 Å². The molecule has 128 valence electrons. The van der Waals surface area contributed by atoms with Gasteiger partial charge in [0.2, 0.25) is 0 Å². The zero-order valence-electron chi connectivity index (χ0n) is 13.7. The number of likely N-dealkylation sites (tertiary alicyclic amines) is 1. The molecule has 0 aliphatic carbocycles. The van der Waals surface area contributed by atoms with E-state index in [0.717, 1.165) is 25.9 Å². The molecule has 4 rings (SSSR count). The van der Waals surface area contributed by atoms with Gasteiger partial charge in [0.15, 0.2) is 5.78 Å². The minimum Gasteiger partial charge on any atom is -0.508 e. The zero-order chi connectivity index (χ0) is 17.4. The van der Waals surface area contributed by atoms with Crippen LogP contribution < -0.4 is 0 Å². The van der Waals surface area contributed by atoms with E-state index in [-0.39, 0.29) is 17.3 Å². The van der Waals surface area contributed by atoms with Crippen LogP contribution in [0.2, 0.25) is 0 Å². The van der Waals surface area contributed by atoms with Gasteiger partial charge in [0, 0.05) is 23.1 Å². The van der Waals surface area contributed by atoms with Crippen LogP contribution >= 0.6 is 0 Å². The molecule has 1 aromatic heterocycles. The molecule has 0 unspecified atom stereocenters. The van der Waals surface area contributed by atoms with Crippen LogP contribution in [0.3, 0.4) is 0 Å². The molecule has 1 aliphatic heterocycles. The lowest BCUT2D eigenvalue weighted by atomic mass is 9.98. The van der Waals surface area contributed by atoms with Crippen molar-refractivity contribution in [1.29, 1.82) is 0 Å². The number of furan rings is 1. The lowest BCUT2D eigenvalue weighted by Gasteiger charge is -2.16. The second kappa shape index (κ2) is 6.33. The van der Waals surface area contributed by atoms with Crippen molar-refractivity contribution in [2.75, 3.05) is 13.1 Å². The molecule has 2 heterocycles. The summed E-state index contributed by atoms with van der Waals surface area (Å²) in [7, 11) is 0. The van der Waals surface area contributed by atoms with E-state index in [1.807, 2.05) is 0 Å². The topological polar surface area (TPSA) is 53.7 Å². The number of hydrogen-bond donors (Lipinski definition) is 1. The van der Waals surface area contributed by atoms with Gasteiger partial charge in [-0.15, -0.1) is 0 Å². The number of phenols is 1. The highest BCUT2D eigenvalue weighted by Crippen LogP contribution is 2.34. The van der Waals surface area contributed by atoms with Crippen LogP contribution in [0.25, 0.3) is 11.0 Å². The third-order valence-corrected chi connectivity index (χ3v) is 4.75. The second-order valence-electron chi connectivity index (χ2n) is 6.41. The second-order valence-corrected chi connectivity index (χ2v) is 6.41. The third-order valence-electron chi connectivity index (χ3n) is 4.75. The number of fused-ring (bicyclic) bond motifs is 1. The fraction of sp³-hybridized carbons (Fsp3) is 0.250. The number of nitrogens with zero attached hydrogens (tertiary/aromatic N) is 1. The normalized spacial score (nSPS) is 15.1. The molecule has 0 spiro atoms. The Labute approximate surface area is 144 Å². The smallest absolute Gasteiger partial charge is 0.196 e. The number of phenolic OH excluding ortho intramolecular Hbond substituents is 1. The van der Waals surface area contributed by atoms with E-state index >= 15 is 0 Å². The molecule has 1 saturated heterocycles. The van der Waals surface area contributed by atoms with Gasteiger partial charge in [0.1, 0.15) is 23.4 Å². The highest BCUT2D eigenvalue weighted by molar-refractivity contribution is 6.16. The summed E-state index contributed by atoms with van der Waals surface area (Å²) >= 11 is 0. The molecule has 0 saturated carbocycles.